The third-order valence-corrected chi connectivity index (χ3v) is 5.88. The molecule has 0 spiro atoms. The zero-order valence-corrected chi connectivity index (χ0v) is 19.0. The third-order valence-electron chi connectivity index (χ3n) is 5.88. The van der Waals surface area contributed by atoms with Gasteiger partial charge in [-0.25, -0.2) is 4.39 Å². The summed E-state index contributed by atoms with van der Waals surface area (Å²) in [6.07, 6.45) is 2.62. The summed E-state index contributed by atoms with van der Waals surface area (Å²) < 4.78 is 24.9. The Hall–Kier alpha value is -1.09. The summed E-state index contributed by atoms with van der Waals surface area (Å²) in [5, 5.41) is 6.94. The fraction of sp³-hybridized carbons (Fsp3) is 0.650. The minimum atomic E-state index is -0.357. The van der Waals surface area contributed by atoms with Crippen LogP contribution in [0.3, 0.4) is 0 Å². The van der Waals surface area contributed by atoms with Gasteiger partial charge in [0.15, 0.2) is 17.5 Å². The van der Waals surface area contributed by atoms with E-state index < -0.39 is 0 Å². The minimum Gasteiger partial charge on any atom is -0.494 e. The Labute approximate surface area is 178 Å². The third kappa shape index (κ3) is 4.34. The number of fused-ring (bicyclic) bond motifs is 1. The molecule has 1 aliphatic carbocycles. The van der Waals surface area contributed by atoms with Gasteiger partial charge >= 0.3 is 0 Å². The van der Waals surface area contributed by atoms with Crippen LogP contribution in [-0.2, 0) is 4.74 Å². The van der Waals surface area contributed by atoms with Crippen LogP contribution in [-0.4, -0.2) is 38.9 Å². The van der Waals surface area contributed by atoms with Crippen molar-refractivity contribution < 1.29 is 13.9 Å². The van der Waals surface area contributed by atoms with Gasteiger partial charge in [-0.2, -0.15) is 0 Å². The SMILES string of the molecule is CN=C(NC(C)c1ccc(OC)c(F)c1)NC1C2CCCOC2C1(C)C.I. The van der Waals surface area contributed by atoms with Gasteiger partial charge in [-0.1, -0.05) is 19.9 Å². The number of methoxy groups -OCH3 is 1. The van der Waals surface area contributed by atoms with Crippen molar-refractivity contribution in [1.29, 1.82) is 0 Å². The van der Waals surface area contributed by atoms with Crippen LogP contribution < -0.4 is 15.4 Å². The molecule has 0 amide bonds. The number of nitrogens with zero attached hydrogens (tertiary/aromatic N) is 1. The summed E-state index contributed by atoms with van der Waals surface area (Å²) in [6.45, 7) is 7.34. The average molecular weight is 491 g/mol. The highest BCUT2D eigenvalue weighted by Crippen LogP contribution is 2.51. The van der Waals surface area contributed by atoms with Crippen molar-refractivity contribution in [3.8, 4) is 5.75 Å². The molecular formula is C20H31FIN3O2. The lowest BCUT2D eigenvalue weighted by Gasteiger charge is -2.60. The second kappa shape index (κ2) is 8.94. The Morgan fingerprint density at radius 3 is 2.78 bits per heavy atom. The Morgan fingerprint density at radius 2 is 2.15 bits per heavy atom. The first-order valence-electron chi connectivity index (χ1n) is 9.33. The number of rotatable bonds is 4. The molecule has 0 aromatic heterocycles. The van der Waals surface area contributed by atoms with E-state index in [1.807, 2.05) is 13.0 Å². The van der Waals surface area contributed by atoms with Crippen LogP contribution in [0.1, 0.15) is 45.2 Å². The van der Waals surface area contributed by atoms with Crippen LogP contribution in [0.4, 0.5) is 4.39 Å². The van der Waals surface area contributed by atoms with Crippen LogP contribution in [0.5, 0.6) is 5.75 Å². The molecule has 1 aromatic carbocycles. The molecule has 1 heterocycles. The lowest BCUT2D eigenvalue weighted by Crippen LogP contribution is -2.71. The van der Waals surface area contributed by atoms with Crippen LogP contribution in [0.25, 0.3) is 0 Å². The number of nitrogens with one attached hydrogen (secondary N) is 2. The standard InChI is InChI=1S/C20H30FN3O2.HI/c1-12(13-8-9-16(25-5)15(21)11-13)23-19(22-4)24-17-14-7-6-10-26-18(14)20(17,2)3;/h8-9,11-12,14,17-18H,6-7,10H2,1-5H3,(H2,22,23,24);1H. The Kier molecular flexibility index (Phi) is 7.35. The summed E-state index contributed by atoms with van der Waals surface area (Å²) in [5.41, 5.74) is 0.913. The molecule has 4 unspecified atom stereocenters. The van der Waals surface area contributed by atoms with Gasteiger partial charge < -0.3 is 20.1 Å². The summed E-state index contributed by atoms with van der Waals surface area (Å²) in [6, 6.07) is 5.26. The molecule has 1 saturated heterocycles. The molecule has 3 rings (SSSR count). The van der Waals surface area contributed by atoms with Crippen LogP contribution in [0.2, 0.25) is 0 Å². The van der Waals surface area contributed by atoms with Gasteiger partial charge in [-0.3, -0.25) is 4.99 Å². The lowest BCUT2D eigenvalue weighted by molar-refractivity contribution is -0.188. The molecule has 4 atom stereocenters. The van der Waals surface area contributed by atoms with E-state index in [-0.39, 0.29) is 47.0 Å². The summed E-state index contributed by atoms with van der Waals surface area (Å²) in [5.74, 6) is 1.15. The Morgan fingerprint density at radius 1 is 1.41 bits per heavy atom. The van der Waals surface area contributed by atoms with Crippen LogP contribution in [0.15, 0.2) is 23.2 Å². The maximum absolute atomic E-state index is 14.0. The quantitative estimate of drug-likeness (QED) is 0.382. The summed E-state index contributed by atoms with van der Waals surface area (Å²) >= 11 is 0. The van der Waals surface area contributed by atoms with E-state index in [4.69, 9.17) is 9.47 Å². The van der Waals surface area contributed by atoms with Crippen molar-refractivity contribution >= 4 is 29.9 Å². The fourth-order valence-corrected chi connectivity index (χ4v) is 4.37. The maximum Gasteiger partial charge on any atom is 0.191 e. The second-order valence-corrected chi connectivity index (χ2v) is 7.87. The molecule has 1 aliphatic heterocycles. The van der Waals surface area contributed by atoms with Gasteiger partial charge in [0, 0.05) is 31.0 Å². The van der Waals surface area contributed by atoms with Gasteiger partial charge in [-0.15, -0.1) is 24.0 Å². The monoisotopic (exact) mass is 491 g/mol. The average Bonchev–Trinajstić information content (AvgIpc) is 2.64. The number of hydrogen-bond donors (Lipinski definition) is 2. The first kappa shape index (κ1) is 22.2. The molecule has 152 valence electrons. The van der Waals surface area contributed by atoms with Crippen molar-refractivity contribution in [3.05, 3.63) is 29.6 Å². The molecule has 2 fully saturated rings. The summed E-state index contributed by atoms with van der Waals surface area (Å²) in [4.78, 5) is 4.37. The first-order chi connectivity index (χ1) is 12.4. The normalized spacial score (nSPS) is 27.5. The lowest BCUT2D eigenvalue weighted by atomic mass is 9.55. The molecular weight excluding hydrogens is 460 g/mol. The van der Waals surface area contributed by atoms with Crippen molar-refractivity contribution in [1.82, 2.24) is 10.6 Å². The van der Waals surface area contributed by atoms with Crippen LogP contribution >= 0.6 is 24.0 Å². The zero-order chi connectivity index (χ0) is 18.9. The fourth-order valence-electron chi connectivity index (χ4n) is 4.37. The molecule has 0 radical (unpaired) electrons. The molecule has 1 saturated carbocycles. The predicted octanol–water partition coefficient (Wildman–Crippen LogP) is 3.88. The molecule has 1 aromatic rings. The number of halogens is 2. The van der Waals surface area contributed by atoms with E-state index in [9.17, 15) is 4.39 Å². The number of ether oxygens (including phenoxy) is 2. The molecule has 7 heteroatoms. The van der Waals surface area contributed by atoms with Gasteiger partial charge in [0.2, 0.25) is 0 Å². The van der Waals surface area contributed by atoms with Gasteiger partial charge in [0.05, 0.1) is 19.3 Å². The maximum atomic E-state index is 14.0. The molecule has 2 aliphatic rings. The van der Waals surface area contributed by atoms with Crippen molar-refractivity contribution in [3.63, 3.8) is 0 Å². The van der Waals surface area contributed by atoms with Gasteiger partial charge in [0.1, 0.15) is 0 Å². The summed E-state index contributed by atoms with van der Waals surface area (Å²) in [7, 11) is 3.23. The van der Waals surface area contributed by atoms with E-state index in [0.29, 0.717) is 18.1 Å². The van der Waals surface area contributed by atoms with Gasteiger partial charge in [-0.05, 0) is 37.5 Å². The largest absolute Gasteiger partial charge is 0.494 e. The highest BCUT2D eigenvalue weighted by atomic mass is 127. The predicted molar refractivity (Wildman–Crippen MR) is 116 cm³/mol. The Balaban J connectivity index is 0.00000261. The topological polar surface area (TPSA) is 54.9 Å². The Bertz CT molecular complexity index is 683. The van der Waals surface area contributed by atoms with E-state index in [2.05, 4.69) is 29.5 Å². The number of hydrogen-bond acceptors (Lipinski definition) is 3. The second-order valence-electron chi connectivity index (χ2n) is 7.87. The number of aliphatic imine (C=N–C) groups is 1. The highest BCUT2D eigenvalue weighted by Gasteiger charge is 2.58. The van der Waals surface area contributed by atoms with E-state index in [1.165, 1.54) is 19.6 Å². The number of guanidine groups is 1. The van der Waals surface area contributed by atoms with Crippen LogP contribution in [0, 0.1) is 17.2 Å². The van der Waals surface area contributed by atoms with Crippen molar-refractivity contribution in [2.45, 2.75) is 51.8 Å². The molecule has 5 nitrogen and oxygen atoms in total. The van der Waals surface area contributed by atoms with E-state index >= 15 is 0 Å². The smallest absolute Gasteiger partial charge is 0.191 e. The molecule has 2 N–H and O–H groups in total. The van der Waals surface area contributed by atoms with Crippen molar-refractivity contribution in [2.24, 2.45) is 16.3 Å². The first-order valence-corrected chi connectivity index (χ1v) is 9.33. The highest BCUT2D eigenvalue weighted by molar-refractivity contribution is 14.0. The van der Waals surface area contributed by atoms with Crippen molar-refractivity contribution in [2.75, 3.05) is 20.8 Å². The van der Waals surface area contributed by atoms with E-state index in [1.54, 1.807) is 13.1 Å². The van der Waals surface area contributed by atoms with E-state index in [0.717, 1.165) is 24.6 Å². The zero-order valence-electron chi connectivity index (χ0n) is 16.7. The minimum absolute atomic E-state index is 0. The number of benzene rings is 1. The molecule has 27 heavy (non-hydrogen) atoms. The molecule has 0 bridgehead atoms. The van der Waals surface area contributed by atoms with Gasteiger partial charge in [0.25, 0.3) is 0 Å².